The topological polar surface area (TPSA) is 29.3 Å². The molecule has 2 nitrogen and oxygen atoms in total. The van der Waals surface area contributed by atoms with E-state index in [2.05, 4.69) is 25.7 Å². The van der Waals surface area contributed by atoms with Gasteiger partial charge in [-0.15, -0.1) is 0 Å². The highest BCUT2D eigenvalue weighted by molar-refractivity contribution is 5.50. The van der Waals surface area contributed by atoms with Crippen molar-refractivity contribution in [1.82, 2.24) is 0 Å². The molecule has 0 bridgehead atoms. The molecule has 2 N–H and O–H groups in total. The molecule has 0 saturated heterocycles. The maximum atomic E-state index is 13.5. The molecule has 0 amide bonds. The average Bonchev–Trinajstić information content (AvgIpc) is 2.67. The first-order valence-electron chi connectivity index (χ1n) is 7.16. The standard InChI is InChI=1S/C16H25FN2/c1-4-19(14-7-5-6-13(17)10-14)16(12-18)9-8-15(2,3)11-16/h5-7,10H,4,8-9,11-12,18H2,1-3H3. The summed E-state index contributed by atoms with van der Waals surface area (Å²) in [5, 5.41) is 0. The van der Waals surface area contributed by atoms with E-state index in [0.29, 0.717) is 12.0 Å². The lowest BCUT2D eigenvalue weighted by molar-refractivity contribution is 0.326. The highest BCUT2D eigenvalue weighted by atomic mass is 19.1. The van der Waals surface area contributed by atoms with Crippen LogP contribution >= 0.6 is 0 Å². The van der Waals surface area contributed by atoms with Gasteiger partial charge in [0.2, 0.25) is 0 Å². The van der Waals surface area contributed by atoms with Crippen molar-refractivity contribution in [2.24, 2.45) is 11.1 Å². The summed E-state index contributed by atoms with van der Waals surface area (Å²) in [4.78, 5) is 2.30. The van der Waals surface area contributed by atoms with Crippen LogP contribution in [0.15, 0.2) is 24.3 Å². The Balaban J connectivity index is 2.35. The summed E-state index contributed by atoms with van der Waals surface area (Å²) in [6.45, 7) is 8.19. The van der Waals surface area contributed by atoms with Crippen molar-refractivity contribution in [1.29, 1.82) is 0 Å². The SMILES string of the molecule is CCN(c1cccc(F)c1)C1(CN)CCC(C)(C)C1. The van der Waals surface area contributed by atoms with E-state index in [1.54, 1.807) is 12.1 Å². The van der Waals surface area contributed by atoms with Crippen LogP contribution in [0.2, 0.25) is 0 Å². The maximum Gasteiger partial charge on any atom is 0.125 e. The van der Waals surface area contributed by atoms with Crippen molar-refractivity contribution in [3.8, 4) is 0 Å². The van der Waals surface area contributed by atoms with Crippen LogP contribution in [0, 0.1) is 11.2 Å². The number of anilines is 1. The third-order valence-corrected chi connectivity index (χ3v) is 4.46. The van der Waals surface area contributed by atoms with Crippen molar-refractivity contribution in [3.05, 3.63) is 30.1 Å². The molecule has 0 aliphatic heterocycles. The van der Waals surface area contributed by atoms with E-state index in [9.17, 15) is 4.39 Å². The van der Waals surface area contributed by atoms with E-state index in [4.69, 9.17) is 5.73 Å². The molecular formula is C16H25FN2. The normalized spacial score (nSPS) is 25.5. The molecule has 1 aromatic rings. The molecule has 0 aromatic heterocycles. The van der Waals surface area contributed by atoms with Gasteiger partial charge in [0, 0.05) is 18.8 Å². The van der Waals surface area contributed by atoms with Crippen molar-refractivity contribution in [3.63, 3.8) is 0 Å². The zero-order valence-electron chi connectivity index (χ0n) is 12.2. The third-order valence-electron chi connectivity index (χ3n) is 4.46. The van der Waals surface area contributed by atoms with Crippen molar-refractivity contribution in [2.45, 2.75) is 45.6 Å². The monoisotopic (exact) mass is 264 g/mol. The first-order chi connectivity index (χ1) is 8.92. The fourth-order valence-corrected chi connectivity index (χ4v) is 3.59. The number of benzene rings is 1. The van der Waals surface area contributed by atoms with Crippen LogP contribution < -0.4 is 10.6 Å². The highest BCUT2D eigenvalue weighted by Gasteiger charge is 2.45. The number of halogens is 1. The largest absolute Gasteiger partial charge is 0.365 e. The molecule has 19 heavy (non-hydrogen) atoms. The van der Waals surface area contributed by atoms with E-state index in [1.165, 1.54) is 12.5 Å². The Hall–Kier alpha value is -1.09. The van der Waals surface area contributed by atoms with E-state index >= 15 is 0 Å². The van der Waals surface area contributed by atoms with Gasteiger partial charge < -0.3 is 10.6 Å². The number of nitrogens with zero attached hydrogens (tertiary/aromatic N) is 1. The lowest BCUT2D eigenvalue weighted by Crippen LogP contribution is -2.53. The smallest absolute Gasteiger partial charge is 0.125 e. The zero-order chi connectivity index (χ0) is 14.1. The number of hydrogen-bond donors (Lipinski definition) is 1. The fraction of sp³-hybridized carbons (Fsp3) is 0.625. The second-order valence-electron chi connectivity index (χ2n) is 6.49. The summed E-state index contributed by atoms with van der Waals surface area (Å²) in [5.41, 5.74) is 7.35. The quantitative estimate of drug-likeness (QED) is 0.901. The number of hydrogen-bond acceptors (Lipinski definition) is 2. The van der Waals surface area contributed by atoms with Gasteiger partial charge in [0.25, 0.3) is 0 Å². The van der Waals surface area contributed by atoms with Crippen LogP contribution in [-0.4, -0.2) is 18.6 Å². The van der Waals surface area contributed by atoms with Gasteiger partial charge in [-0.25, -0.2) is 4.39 Å². The van der Waals surface area contributed by atoms with E-state index in [1.807, 2.05) is 6.07 Å². The first kappa shape index (κ1) is 14.3. The van der Waals surface area contributed by atoms with E-state index in [-0.39, 0.29) is 11.4 Å². The molecule has 0 heterocycles. The Labute approximate surface area is 115 Å². The molecule has 0 spiro atoms. The summed E-state index contributed by atoms with van der Waals surface area (Å²) in [6, 6.07) is 6.87. The van der Waals surface area contributed by atoms with Gasteiger partial charge in [-0.2, -0.15) is 0 Å². The maximum absolute atomic E-state index is 13.5. The van der Waals surface area contributed by atoms with Crippen LogP contribution in [0.4, 0.5) is 10.1 Å². The summed E-state index contributed by atoms with van der Waals surface area (Å²) in [5.74, 6) is -0.180. The molecule has 3 heteroatoms. The Morgan fingerprint density at radius 2 is 2.05 bits per heavy atom. The van der Waals surface area contributed by atoms with Gasteiger partial charge in [0.1, 0.15) is 5.82 Å². The van der Waals surface area contributed by atoms with Crippen molar-refractivity contribution >= 4 is 5.69 Å². The molecule has 1 saturated carbocycles. The van der Waals surface area contributed by atoms with Crippen molar-refractivity contribution < 1.29 is 4.39 Å². The van der Waals surface area contributed by atoms with Gasteiger partial charge >= 0.3 is 0 Å². The van der Waals surface area contributed by atoms with Crippen LogP contribution in [0.5, 0.6) is 0 Å². The lowest BCUT2D eigenvalue weighted by atomic mass is 9.86. The number of likely N-dealkylation sites (N-methyl/N-ethyl adjacent to an activating group) is 1. The van der Waals surface area contributed by atoms with Crippen LogP contribution in [0.3, 0.4) is 0 Å². The number of nitrogens with two attached hydrogens (primary N) is 1. The minimum atomic E-state index is -0.180. The van der Waals surface area contributed by atoms with Gasteiger partial charge in [-0.1, -0.05) is 19.9 Å². The Morgan fingerprint density at radius 1 is 1.32 bits per heavy atom. The third kappa shape index (κ3) is 2.76. The molecule has 1 aromatic carbocycles. The van der Waals surface area contributed by atoms with Crippen molar-refractivity contribution in [2.75, 3.05) is 18.0 Å². The lowest BCUT2D eigenvalue weighted by Gasteiger charge is -2.43. The van der Waals surface area contributed by atoms with Crippen LogP contribution in [-0.2, 0) is 0 Å². The molecular weight excluding hydrogens is 239 g/mol. The summed E-state index contributed by atoms with van der Waals surface area (Å²) >= 11 is 0. The molecule has 0 radical (unpaired) electrons. The van der Waals surface area contributed by atoms with Gasteiger partial charge in [0.15, 0.2) is 0 Å². The Bertz CT molecular complexity index is 444. The second-order valence-corrected chi connectivity index (χ2v) is 6.49. The van der Waals surface area contributed by atoms with E-state index in [0.717, 1.165) is 25.1 Å². The Morgan fingerprint density at radius 3 is 2.53 bits per heavy atom. The average molecular weight is 264 g/mol. The first-order valence-corrected chi connectivity index (χ1v) is 7.16. The fourth-order valence-electron chi connectivity index (χ4n) is 3.59. The predicted molar refractivity (Wildman–Crippen MR) is 78.8 cm³/mol. The molecule has 1 atom stereocenters. The zero-order valence-corrected chi connectivity index (χ0v) is 12.2. The molecule has 2 rings (SSSR count). The molecule has 1 aliphatic rings. The predicted octanol–water partition coefficient (Wildman–Crippen LogP) is 3.56. The Kier molecular flexibility index (Phi) is 3.86. The van der Waals surface area contributed by atoms with Gasteiger partial charge in [-0.05, 0) is 49.8 Å². The summed E-state index contributed by atoms with van der Waals surface area (Å²) in [7, 11) is 0. The molecule has 1 unspecified atom stereocenters. The molecule has 1 fully saturated rings. The van der Waals surface area contributed by atoms with Crippen LogP contribution in [0.25, 0.3) is 0 Å². The van der Waals surface area contributed by atoms with E-state index < -0.39 is 0 Å². The second kappa shape index (κ2) is 5.12. The summed E-state index contributed by atoms with van der Waals surface area (Å²) in [6.07, 6.45) is 3.33. The number of rotatable bonds is 4. The summed E-state index contributed by atoms with van der Waals surface area (Å²) < 4.78 is 13.5. The molecule has 106 valence electrons. The van der Waals surface area contributed by atoms with Gasteiger partial charge in [-0.3, -0.25) is 0 Å². The molecule has 1 aliphatic carbocycles. The van der Waals surface area contributed by atoms with Crippen LogP contribution in [0.1, 0.15) is 40.0 Å². The minimum absolute atomic E-state index is 0.0218. The van der Waals surface area contributed by atoms with Gasteiger partial charge in [0.05, 0.1) is 5.54 Å². The highest BCUT2D eigenvalue weighted by Crippen LogP contribution is 2.47. The minimum Gasteiger partial charge on any atom is -0.365 e.